The Kier molecular flexibility index (Phi) is 6.79. The van der Waals surface area contributed by atoms with Gasteiger partial charge < -0.3 is 4.74 Å². The average molecular weight is 401 g/mol. The maximum atomic E-state index is 5.97. The molecule has 3 aromatic rings. The van der Waals surface area contributed by atoms with E-state index in [-0.39, 0.29) is 0 Å². The number of benzene rings is 2. The average Bonchev–Trinajstić information content (AvgIpc) is 3.04. The van der Waals surface area contributed by atoms with E-state index in [0.717, 1.165) is 42.0 Å². The van der Waals surface area contributed by atoms with Crippen molar-refractivity contribution >= 4 is 30.0 Å². The van der Waals surface area contributed by atoms with Crippen LogP contribution in [0.1, 0.15) is 36.7 Å². The Balaban J connectivity index is 1.76. The first kappa shape index (κ1) is 19.3. The summed E-state index contributed by atoms with van der Waals surface area (Å²) in [6, 6.07) is 15.4. The van der Waals surface area contributed by atoms with Crippen molar-refractivity contribution in [3.05, 3.63) is 75.3 Å². The zero-order chi connectivity index (χ0) is 19.1. The molecule has 27 heavy (non-hydrogen) atoms. The predicted octanol–water partition coefficient (Wildman–Crippen LogP) is 5.40. The normalized spacial score (nSPS) is 11.2. The summed E-state index contributed by atoms with van der Waals surface area (Å²) in [4.78, 5) is 0. The minimum absolute atomic E-state index is 0.453. The van der Waals surface area contributed by atoms with Crippen LogP contribution in [0.15, 0.2) is 53.6 Å². The minimum Gasteiger partial charge on any atom is -0.488 e. The number of H-pyrrole nitrogens is 1. The van der Waals surface area contributed by atoms with Gasteiger partial charge in [0.05, 0.1) is 6.21 Å². The number of unbranched alkanes of at least 4 members (excludes halogenated alkanes) is 1. The molecule has 5 nitrogen and oxygen atoms in total. The fourth-order valence-corrected chi connectivity index (χ4v) is 2.84. The third kappa shape index (κ3) is 5.28. The number of rotatable bonds is 8. The number of aromatic nitrogens is 3. The molecule has 0 unspecified atom stereocenters. The van der Waals surface area contributed by atoms with E-state index in [1.54, 1.807) is 10.9 Å². The van der Waals surface area contributed by atoms with Crippen molar-refractivity contribution in [1.29, 1.82) is 0 Å². The van der Waals surface area contributed by atoms with Gasteiger partial charge in [0.2, 0.25) is 4.77 Å². The SMILES string of the molecule is CCCCc1n[nH]c(=S)n1N=Cc1ccccc1OCc1ccc(Cl)cc1. The summed E-state index contributed by atoms with van der Waals surface area (Å²) in [7, 11) is 0. The number of nitrogens with zero attached hydrogens (tertiary/aromatic N) is 3. The van der Waals surface area contributed by atoms with Gasteiger partial charge in [-0.3, -0.25) is 5.10 Å². The van der Waals surface area contributed by atoms with E-state index in [2.05, 4.69) is 22.2 Å². The van der Waals surface area contributed by atoms with Crippen molar-refractivity contribution in [3.8, 4) is 5.75 Å². The Morgan fingerprint density at radius 3 is 2.78 bits per heavy atom. The molecule has 0 aliphatic rings. The molecule has 0 atom stereocenters. The van der Waals surface area contributed by atoms with E-state index in [1.807, 2.05) is 48.5 Å². The first-order valence-electron chi connectivity index (χ1n) is 8.84. The molecule has 0 spiro atoms. The van der Waals surface area contributed by atoms with E-state index >= 15 is 0 Å². The van der Waals surface area contributed by atoms with E-state index in [9.17, 15) is 0 Å². The van der Waals surface area contributed by atoms with Crippen LogP contribution in [0, 0.1) is 4.77 Å². The topological polar surface area (TPSA) is 55.2 Å². The van der Waals surface area contributed by atoms with Crippen LogP contribution in [-0.2, 0) is 13.0 Å². The van der Waals surface area contributed by atoms with Crippen molar-refractivity contribution in [3.63, 3.8) is 0 Å². The van der Waals surface area contributed by atoms with Crippen LogP contribution in [-0.4, -0.2) is 21.1 Å². The fourth-order valence-electron chi connectivity index (χ4n) is 2.52. The molecule has 1 N–H and O–H groups in total. The highest BCUT2D eigenvalue weighted by atomic mass is 35.5. The monoisotopic (exact) mass is 400 g/mol. The van der Waals surface area contributed by atoms with Crippen molar-refractivity contribution in [2.24, 2.45) is 5.10 Å². The van der Waals surface area contributed by atoms with Gasteiger partial charge in [0.15, 0.2) is 5.82 Å². The van der Waals surface area contributed by atoms with E-state index in [1.165, 1.54) is 0 Å². The lowest BCUT2D eigenvalue weighted by Gasteiger charge is -2.09. The molecule has 0 amide bonds. The first-order valence-corrected chi connectivity index (χ1v) is 9.63. The lowest BCUT2D eigenvalue weighted by molar-refractivity contribution is 0.306. The summed E-state index contributed by atoms with van der Waals surface area (Å²) in [5.74, 6) is 1.58. The van der Waals surface area contributed by atoms with E-state index in [0.29, 0.717) is 16.4 Å². The molecular weight excluding hydrogens is 380 g/mol. The third-order valence-electron chi connectivity index (χ3n) is 4.01. The highest BCUT2D eigenvalue weighted by Crippen LogP contribution is 2.19. The largest absolute Gasteiger partial charge is 0.488 e. The van der Waals surface area contributed by atoms with Gasteiger partial charge in [0, 0.05) is 17.0 Å². The maximum absolute atomic E-state index is 5.97. The third-order valence-corrected chi connectivity index (χ3v) is 4.53. The number of hydrogen-bond acceptors (Lipinski definition) is 4. The molecule has 1 heterocycles. The Bertz CT molecular complexity index is 963. The first-order chi connectivity index (χ1) is 13.2. The second kappa shape index (κ2) is 9.48. The fraction of sp³-hybridized carbons (Fsp3) is 0.250. The summed E-state index contributed by atoms with van der Waals surface area (Å²) in [6.45, 7) is 2.60. The quantitative estimate of drug-likeness (QED) is 0.407. The molecule has 2 aromatic carbocycles. The number of nitrogens with one attached hydrogen (secondary N) is 1. The van der Waals surface area contributed by atoms with Crippen LogP contribution in [0.2, 0.25) is 5.02 Å². The minimum atomic E-state index is 0.453. The highest BCUT2D eigenvalue weighted by molar-refractivity contribution is 7.71. The summed E-state index contributed by atoms with van der Waals surface area (Å²) in [5, 5.41) is 12.3. The zero-order valence-electron chi connectivity index (χ0n) is 15.1. The van der Waals surface area contributed by atoms with Crippen molar-refractivity contribution in [1.82, 2.24) is 14.9 Å². The summed E-state index contributed by atoms with van der Waals surface area (Å²) >= 11 is 11.2. The smallest absolute Gasteiger partial charge is 0.216 e. The Morgan fingerprint density at radius 2 is 2.00 bits per heavy atom. The van der Waals surface area contributed by atoms with Crippen molar-refractivity contribution in [2.75, 3.05) is 0 Å². The van der Waals surface area contributed by atoms with Gasteiger partial charge in [0.1, 0.15) is 12.4 Å². The number of aromatic amines is 1. The molecule has 0 radical (unpaired) electrons. The molecule has 0 aliphatic heterocycles. The molecule has 140 valence electrons. The standard InChI is InChI=1S/C20H21ClN4OS/c1-2-3-8-19-23-24-20(27)25(19)22-13-16-6-4-5-7-18(16)26-14-15-9-11-17(21)12-10-15/h4-7,9-13H,2-3,8,14H2,1H3,(H,24,27). The van der Waals surface area contributed by atoms with Crippen molar-refractivity contribution in [2.45, 2.75) is 32.8 Å². The van der Waals surface area contributed by atoms with Gasteiger partial charge in [-0.25, -0.2) is 0 Å². The van der Waals surface area contributed by atoms with Gasteiger partial charge in [-0.15, -0.1) is 0 Å². The summed E-state index contributed by atoms with van der Waals surface area (Å²) in [5.41, 5.74) is 1.92. The molecule has 0 aliphatic carbocycles. The van der Waals surface area contributed by atoms with Crippen LogP contribution in [0.5, 0.6) is 5.75 Å². The molecule has 7 heteroatoms. The Hall–Kier alpha value is -2.44. The second-order valence-electron chi connectivity index (χ2n) is 6.06. The Labute approximate surface area is 168 Å². The highest BCUT2D eigenvalue weighted by Gasteiger charge is 2.06. The number of para-hydroxylation sites is 1. The lowest BCUT2D eigenvalue weighted by Crippen LogP contribution is -2.01. The molecule has 0 saturated carbocycles. The van der Waals surface area contributed by atoms with Crippen LogP contribution < -0.4 is 4.74 Å². The number of ether oxygens (including phenoxy) is 1. The van der Waals surface area contributed by atoms with Crippen LogP contribution >= 0.6 is 23.8 Å². The van der Waals surface area contributed by atoms with Crippen molar-refractivity contribution < 1.29 is 4.74 Å². The molecule has 0 saturated heterocycles. The van der Waals surface area contributed by atoms with Gasteiger partial charge in [-0.05, 0) is 48.5 Å². The van der Waals surface area contributed by atoms with E-state index in [4.69, 9.17) is 28.6 Å². The molecule has 3 rings (SSSR count). The number of halogens is 1. The molecule has 1 aromatic heterocycles. The number of aryl methyl sites for hydroxylation is 1. The van der Waals surface area contributed by atoms with E-state index < -0.39 is 0 Å². The summed E-state index contributed by atoms with van der Waals surface area (Å²) < 4.78 is 8.12. The van der Waals surface area contributed by atoms with Crippen LogP contribution in [0.4, 0.5) is 0 Å². The molecule has 0 fully saturated rings. The van der Waals surface area contributed by atoms with Gasteiger partial charge in [-0.1, -0.05) is 49.2 Å². The second-order valence-corrected chi connectivity index (χ2v) is 6.88. The molecular formula is C20H21ClN4OS. The van der Waals surface area contributed by atoms with Gasteiger partial charge in [0.25, 0.3) is 0 Å². The summed E-state index contributed by atoms with van der Waals surface area (Å²) in [6.07, 6.45) is 4.70. The Morgan fingerprint density at radius 1 is 1.22 bits per heavy atom. The van der Waals surface area contributed by atoms with Gasteiger partial charge in [-0.2, -0.15) is 14.9 Å². The number of hydrogen-bond donors (Lipinski definition) is 1. The maximum Gasteiger partial charge on any atom is 0.216 e. The van der Waals surface area contributed by atoms with Crippen LogP contribution in [0.3, 0.4) is 0 Å². The predicted molar refractivity (Wildman–Crippen MR) is 111 cm³/mol. The van der Waals surface area contributed by atoms with Gasteiger partial charge >= 0.3 is 0 Å². The zero-order valence-corrected chi connectivity index (χ0v) is 16.6. The van der Waals surface area contributed by atoms with Crippen LogP contribution in [0.25, 0.3) is 0 Å². The molecule has 0 bridgehead atoms. The lowest BCUT2D eigenvalue weighted by atomic mass is 10.2.